The normalized spacial score (nSPS) is 19.4. The fourth-order valence-electron chi connectivity index (χ4n) is 2.44. The van der Waals surface area contributed by atoms with Gasteiger partial charge in [0.25, 0.3) is 0 Å². The standard InChI is InChI=1S/C14H21FN2/c1-3-14(2)7-9-17(10-8-14)12-6-4-5-11(15)13(12)16/h4-6H,3,7-10,16H2,1-2H3. The minimum absolute atomic E-state index is 0.285. The molecule has 17 heavy (non-hydrogen) atoms. The quantitative estimate of drug-likeness (QED) is 0.797. The molecule has 0 atom stereocenters. The zero-order chi connectivity index (χ0) is 12.5. The first-order valence-electron chi connectivity index (χ1n) is 6.35. The maximum atomic E-state index is 13.4. The number of para-hydroxylation sites is 1. The number of halogens is 1. The van der Waals surface area contributed by atoms with Gasteiger partial charge in [-0.3, -0.25) is 0 Å². The number of benzene rings is 1. The molecule has 2 rings (SSSR count). The fourth-order valence-corrected chi connectivity index (χ4v) is 2.44. The lowest BCUT2D eigenvalue weighted by atomic mass is 9.78. The Morgan fingerprint density at radius 3 is 2.59 bits per heavy atom. The Labute approximate surface area is 103 Å². The summed E-state index contributed by atoms with van der Waals surface area (Å²) in [7, 11) is 0. The Morgan fingerprint density at radius 2 is 2.00 bits per heavy atom. The van der Waals surface area contributed by atoms with Crippen LogP contribution < -0.4 is 10.6 Å². The summed E-state index contributed by atoms with van der Waals surface area (Å²) in [6.07, 6.45) is 3.51. The number of rotatable bonds is 2. The molecular formula is C14H21FN2. The van der Waals surface area contributed by atoms with Crippen molar-refractivity contribution in [3.8, 4) is 0 Å². The molecule has 1 heterocycles. The highest BCUT2D eigenvalue weighted by atomic mass is 19.1. The SMILES string of the molecule is CCC1(C)CCN(c2cccc(F)c2N)CC1. The number of hydrogen-bond donors (Lipinski definition) is 1. The van der Waals surface area contributed by atoms with Gasteiger partial charge < -0.3 is 10.6 Å². The number of hydrogen-bond acceptors (Lipinski definition) is 2. The third kappa shape index (κ3) is 2.38. The first-order valence-corrected chi connectivity index (χ1v) is 6.35. The van der Waals surface area contributed by atoms with Crippen LogP contribution in [-0.4, -0.2) is 13.1 Å². The van der Waals surface area contributed by atoms with Crippen LogP contribution in [0.5, 0.6) is 0 Å². The Kier molecular flexibility index (Phi) is 3.27. The topological polar surface area (TPSA) is 29.3 Å². The van der Waals surface area contributed by atoms with Gasteiger partial charge in [0.1, 0.15) is 5.82 Å². The molecule has 0 aliphatic carbocycles. The molecule has 0 spiro atoms. The summed E-state index contributed by atoms with van der Waals surface area (Å²) in [4.78, 5) is 2.20. The minimum atomic E-state index is -0.314. The van der Waals surface area contributed by atoms with Crippen LogP contribution in [0.4, 0.5) is 15.8 Å². The summed E-state index contributed by atoms with van der Waals surface area (Å²) in [5, 5.41) is 0. The number of nitrogens with two attached hydrogens (primary N) is 1. The summed E-state index contributed by atoms with van der Waals surface area (Å²) < 4.78 is 13.4. The van der Waals surface area contributed by atoms with Gasteiger partial charge in [0.05, 0.1) is 11.4 Å². The highest BCUT2D eigenvalue weighted by molar-refractivity contribution is 5.68. The molecule has 0 bridgehead atoms. The number of piperidine rings is 1. The van der Waals surface area contributed by atoms with Gasteiger partial charge in [-0.05, 0) is 30.4 Å². The fraction of sp³-hybridized carbons (Fsp3) is 0.571. The largest absolute Gasteiger partial charge is 0.395 e. The van der Waals surface area contributed by atoms with E-state index in [2.05, 4.69) is 18.7 Å². The van der Waals surface area contributed by atoms with Gasteiger partial charge in [0, 0.05) is 13.1 Å². The first-order chi connectivity index (χ1) is 8.06. The van der Waals surface area contributed by atoms with E-state index < -0.39 is 0 Å². The second-order valence-electron chi connectivity index (χ2n) is 5.32. The van der Waals surface area contributed by atoms with Crippen LogP contribution >= 0.6 is 0 Å². The van der Waals surface area contributed by atoms with Crippen molar-refractivity contribution < 1.29 is 4.39 Å². The second kappa shape index (κ2) is 4.55. The molecule has 94 valence electrons. The molecule has 1 aliphatic rings. The molecule has 1 saturated heterocycles. The molecule has 1 aliphatic heterocycles. The number of nitrogen functional groups attached to an aromatic ring is 1. The van der Waals surface area contributed by atoms with Crippen LogP contribution in [0.2, 0.25) is 0 Å². The molecule has 0 aromatic heterocycles. The molecule has 1 aromatic carbocycles. The summed E-state index contributed by atoms with van der Waals surface area (Å²) in [5.41, 5.74) is 7.37. The maximum Gasteiger partial charge on any atom is 0.148 e. The van der Waals surface area contributed by atoms with Crippen molar-refractivity contribution >= 4 is 11.4 Å². The van der Waals surface area contributed by atoms with Crippen molar-refractivity contribution in [2.45, 2.75) is 33.1 Å². The van der Waals surface area contributed by atoms with Crippen molar-refractivity contribution in [2.24, 2.45) is 5.41 Å². The molecule has 0 saturated carbocycles. The van der Waals surface area contributed by atoms with E-state index in [-0.39, 0.29) is 11.5 Å². The van der Waals surface area contributed by atoms with Crippen LogP contribution in [0, 0.1) is 11.2 Å². The monoisotopic (exact) mass is 236 g/mol. The number of nitrogens with zero attached hydrogens (tertiary/aromatic N) is 1. The lowest BCUT2D eigenvalue weighted by Gasteiger charge is -2.40. The smallest absolute Gasteiger partial charge is 0.148 e. The Morgan fingerprint density at radius 1 is 1.35 bits per heavy atom. The van der Waals surface area contributed by atoms with Crippen molar-refractivity contribution in [1.29, 1.82) is 0 Å². The predicted octanol–water partition coefficient (Wildman–Crippen LogP) is 3.42. The van der Waals surface area contributed by atoms with Gasteiger partial charge in [0.15, 0.2) is 0 Å². The highest BCUT2D eigenvalue weighted by Crippen LogP contribution is 2.37. The van der Waals surface area contributed by atoms with Crippen LogP contribution in [0.1, 0.15) is 33.1 Å². The molecule has 0 amide bonds. The third-order valence-electron chi connectivity index (χ3n) is 4.19. The molecule has 0 radical (unpaired) electrons. The molecule has 1 aromatic rings. The Hall–Kier alpha value is -1.25. The Bertz CT molecular complexity index is 395. The molecular weight excluding hydrogens is 215 g/mol. The van der Waals surface area contributed by atoms with Gasteiger partial charge in [-0.15, -0.1) is 0 Å². The van der Waals surface area contributed by atoms with E-state index in [0.29, 0.717) is 5.41 Å². The predicted molar refractivity (Wildman–Crippen MR) is 70.7 cm³/mol. The number of anilines is 2. The summed E-state index contributed by atoms with van der Waals surface area (Å²) in [6, 6.07) is 5.06. The van der Waals surface area contributed by atoms with Crippen molar-refractivity contribution in [1.82, 2.24) is 0 Å². The van der Waals surface area contributed by atoms with Gasteiger partial charge in [-0.25, -0.2) is 4.39 Å². The molecule has 1 fully saturated rings. The van der Waals surface area contributed by atoms with Gasteiger partial charge in [-0.1, -0.05) is 26.3 Å². The maximum absolute atomic E-state index is 13.4. The van der Waals surface area contributed by atoms with Crippen LogP contribution in [0.25, 0.3) is 0 Å². The second-order valence-corrected chi connectivity index (χ2v) is 5.32. The first kappa shape index (κ1) is 12.2. The third-order valence-corrected chi connectivity index (χ3v) is 4.19. The van der Waals surface area contributed by atoms with Crippen LogP contribution in [0.3, 0.4) is 0 Å². The average molecular weight is 236 g/mol. The minimum Gasteiger partial charge on any atom is -0.395 e. The summed E-state index contributed by atoms with van der Waals surface area (Å²) >= 11 is 0. The summed E-state index contributed by atoms with van der Waals surface area (Å²) in [5.74, 6) is -0.314. The lowest BCUT2D eigenvalue weighted by Crippen LogP contribution is -2.38. The van der Waals surface area contributed by atoms with Crippen molar-refractivity contribution in [3.05, 3.63) is 24.0 Å². The van der Waals surface area contributed by atoms with Crippen molar-refractivity contribution in [3.63, 3.8) is 0 Å². The van der Waals surface area contributed by atoms with Crippen LogP contribution in [0.15, 0.2) is 18.2 Å². The highest BCUT2D eigenvalue weighted by Gasteiger charge is 2.29. The lowest BCUT2D eigenvalue weighted by molar-refractivity contribution is 0.238. The van der Waals surface area contributed by atoms with E-state index in [9.17, 15) is 4.39 Å². The average Bonchev–Trinajstić information content (AvgIpc) is 2.34. The molecule has 3 heteroatoms. The van der Waals surface area contributed by atoms with Gasteiger partial charge in [-0.2, -0.15) is 0 Å². The zero-order valence-electron chi connectivity index (χ0n) is 10.7. The van der Waals surface area contributed by atoms with E-state index in [4.69, 9.17) is 5.73 Å². The van der Waals surface area contributed by atoms with Gasteiger partial charge in [0.2, 0.25) is 0 Å². The van der Waals surface area contributed by atoms with E-state index in [1.165, 1.54) is 12.5 Å². The van der Waals surface area contributed by atoms with Crippen LogP contribution in [-0.2, 0) is 0 Å². The zero-order valence-corrected chi connectivity index (χ0v) is 10.7. The van der Waals surface area contributed by atoms with Gasteiger partial charge >= 0.3 is 0 Å². The van der Waals surface area contributed by atoms with E-state index in [0.717, 1.165) is 31.6 Å². The van der Waals surface area contributed by atoms with E-state index >= 15 is 0 Å². The molecule has 2 nitrogen and oxygen atoms in total. The summed E-state index contributed by atoms with van der Waals surface area (Å²) in [6.45, 7) is 6.52. The van der Waals surface area contributed by atoms with Crippen molar-refractivity contribution in [2.75, 3.05) is 23.7 Å². The van der Waals surface area contributed by atoms with E-state index in [1.54, 1.807) is 6.07 Å². The molecule has 0 unspecified atom stereocenters. The van der Waals surface area contributed by atoms with E-state index in [1.807, 2.05) is 6.07 Å². The Balaban J connectivity index is 2.13. The molecule has 2 N–H and O–H groups in total.